The second kappa shape index (κ2) is 81.4. The van der Waals surface area contributed by atoms with Crippen LogP contribution in [-0.4, -0.2) is 96.7 Å². The number of aliphatic hydroxyl groups excluding tert-OH is 1. The summed E-state index contributed by atoms with van der Waals surface area (Å²) < 4.78 is 68.8. The van der Waals surface area contributed by atoms with E-state index in [1.807, 2.05) is 0 Å². The van der Waals surface area contributed by atoms with Crippen LogP contribution >= 0.6 is 15.6 Å². The molecule has 0 aliphatic rings. The topological polar surface area (TPSA) is 237 Å². The van der Waals surface area contributed by atoms with Gasteiger partial charge in [-0.25, -0.2) is 9.13 Å². The number of ether oxygens (including phenoxy) is 4. The summed E-state index contributed by atoms with van der Waals surface area (Å²) >= 11 is 0. The quantitative estimate of drug-likeness (QED) is 0.0169. The summed E-state index contributed by atoms with van der Waals surface area (Å²) in [6.45, 7) is 4.45. The molecule has 0 saturated heterocycles. The molecule has 5 atom stereocenters. The van der Waals surface area contributed by atoms with Gasteiger partial charge in [0.25, 0.3) is 0 Å². The first kappa shape index (κ1) is 104. The van der Waals surface area contributed by atoms with Crippen molar-refractivity contribution in [3.05, 3.63) is 170 Å². The van der Waals surface area contributed by atoms with E-state index in [4.69, 9.17) is 37.0 Å². The number of rotatable bonds is 78. The highest BCUT2D eigenvalue weighted by Gasteiger charge is 2.30. The molecule has 17 nitrogen and oxygen atoms in total. The summed E-state index contributed by atoms with van der Waals surface area (Å²) in [5.74, 6) is -2.26. The van der Waals surface area contributed by atoms with Gasteiger partial charge in [0.2, 0.25) is 0 Å². The number of allylic oxidation sites excluding steroid dienone is 28. The maximum Gasteiger partial charge on any atom is 0.472 e. The highest BCUT2D eigenvalue weighted by Crippen LogP contribution is 2.45. The molecule has 0 rings (SSSR count). The van der Waals surface area contributed by atoms with Gasteiger partial charge in [-0.15, -0.1) is 0 Å². The van der Waals surface area contributed by atoms with Crippen molar-refractivity contribution in [2.45, 2.75) is 341 Å². The summed E-state index contributed by atoms with van der Waals surface area (Å²) in [4.78, 5) is 73.3. The van der Waals surface area contributed by atoms with Crippen molar-refractivity contribution < 1.29 is 80.2 Å². The van der Waals surface area contributed by atoms with Crippen molar-refractivity contribution in [1.29, 1.82) is 0 Å². The molecule has 0 radical (unpaired) electrons. The summed E-state index contributed by atoms with van der Waals surface area (Å²) in [5, 5.41) is 10.7. The van der Waals surface area contributed by atoms with Gasteiger partial charge in [0.05, 0.1) is 26.4 Å². The molecule has 19 heteroatoms. The molecular formula is C91H150O17P2. The number of esters is 4. The molecule has 3 N–H and O–H groups in total. The molecule has 0 bridgehead atoms. The number of phosphoric acid groups is 2. The molecule has 0 amide bonds. The molecular weight excluding hydrogens is 1430 g/mol. The van der Waals surface area contributed by atoms with Crippen molar-refractivity contribution in [2.75, 3.05) is 39.6 Å². The minimum absolute atomic E-state index is 0.0698. The summed E-state index contributed by atoms with van der Waals surface area (Å²) in [7, 11) is -10.00. The van der Waals surface area contributed by atoms with E-state index in [2.05, 4.69) is 198 Å². The molecule has 0 aromatic heterocycles. The number of unbranched alkanes of at least 4 members (excludes halogenated alkanes) is 24. The largest absolute Gasteiger partial charge is 0.472 e. The van der Waals surface area contributed by atoms with Crippen molar-refractivity contribution in [3.8, 4) is 0 Å². The van der Waals surface area contributed by atoms with E-state index in [0.29, 0.717) is 25.7 Å². The zero-order valence-electron chi connectivity index (χ0n) is 68.6. The normalized spacial score (nSPS) is 14.6. The van der Waals surface area contributed by atoms with E-state index in [0.717, 1.165) is 225 Å². The van der Waals surface area contributed by atoms with E-state index >= 15 is 0 Å². The number of carbonyl (C=O) groups is 4. The lowest BCUT2D eigenvalue weighted by Crippen LogP contribution is -2.30. The van der Waals surface area contributed by atoms with Gasteiger partial charge >= 0.3 is 39.5 Å². The predicted molar refractivity (Wildman–Crippen MR) is 454 cm³/mol. The summed E-state index contributed by atoms with van der Waals surface area (Å²) in [5.41, 5.74) is 0. The van der Waals surface area contributed by atoms with Crippen molar-refractivity contribution in [3.63, 3.8) is 0 Å². The minimum atomic E-state index is -5.00. The van der Waals surface area contributed by atoms with Crippen molar-refractivity contribution in [1.82, 2.24) is 0 Å². The third-order valence-electron chi connectivity index (χ3n) is 17.2. The van der Waals surface area contributed by atoms with Gasteiger partial charge in [-0.05, 0) is 173 Å². The molecule has 0 saturated carbocycles. The summed E-state index contributed by atoms with van der Waals surface area (Å²) in [6, 6.07) is 0. The third-order valence-corrected chi connectivity index (χ3v) is 19.1. The van der Waals surface area contributed by atoms with Gasteiger partial charge in [0.15, 0.2) is 12.2 Å². The number of aliphatic hydroxyl groups is 1. The third kappa shape index (κ3) is 80.5. The van der Waals surface area contributed by atoms with Gasteiger partial charge < -0.3 is 33.8 Å². The lowest BCUT2D eigenvalue weighted by atomic mass is 10.1. The van der Waals surface area contributed by atoms with E-state index in [9.17, 15) is 43.2 Å². The van der Waals surface area contributed by atoms with Gasteiger partial charge in [-0.3, -0.25) is 37.3 Å². The lowest BCUT2D eigenvalue weighted by Gasteiger charge is -2.21. The van der Waals surface area contributed by atoms with Crippen molar-refractivity contribution >= 4 is 39.5 Å². The number of hydrogen-bond donors (Lipinski definition) is 3. The fourth-order valence-electron chi connectivity index (χ4n) is 10.8. The van der Waals surface area contributed by atoms with Crippen LogP contribution < -0.4 is 0 Å². The first-order valence-corrected chi connectivity index (χ1v) is 45.4. The number of hydrogen-bond acceptors (Lipinski definition) is 15. The Hall–Kier alpha value is -5.58. The molecule has 0 fully saturated rings. The Kier molecular flexibility index (Phi) is 77.3. The van der Waals surface area contributed by atoms with Crippen LogP contribution in [0.15, 0.2) is 170 Å². The smallest absolute Gasteiger partial charge is 0.462 e. The molecule has 0 aliphatic carbocycles. The molecule has 0 spiro atoms. The minimum Gasteiger partial charge on any atom is -0.462 e. The monoisotopic (exact) mass is 1580 g/mol. The van der Waals surface area contributed by atoms with Crippen LogP contribution in [0.1, 0.15) is 323 Å². The Morgan fingerprint density at radius 3 is 0.736 bits per heavy atom. The van der Waals surface area contributed by atoms with Gasteiger partial charge in [0, 0.05) is 25.7 Å². The van der Waals surface area contributed by atoms with Crippen LogP contribution in [-0.2, 0) is 65.4 Å². The van der Waals surface area contributed by atoms with Gasteiger partial charge in [-0.2, -0.15) is 0 Å². The van der Waals surface area contributed by atoms with E-state index in [-0.39, 0.29) is 25.7 Å². The van der Waals surface area contributed by atoms with Crippen molar-refractivity contribution in [2.24, 2.45) is 0 Å². The second-order valence-electron chi connectivity index (χ2n) is 27.6. The first-order valence-electron chi connectivity index (χ1n) is 42.4. The van der Waals surface area contributed by atoms with Crippen LogP contribution in [0.4, 0.5) is 0 Å². The lowest BCUT2D eigenvalue weighted by molar-refractivity contribution is -0.161. The standard InChI is InChI=1S/C91H150O17P2/c1-5-9-13-17-21-25-29-33-37-40-42-45-48-51-55-59-63-67-71-75-88(93)101-81-86(107-90(95)77-73-69-65-61-57-53-47-36-32-28-24-20-16-12-8-4)83-105-109(97,98)103-79-85(92)80-104-110(99,100)106-84-87(108-91(96)78-74-70-66-62-58-54-50-44-39-35-31-27-23-19-15-11-7-3)82-102-89(94)76-72-68-64-60-56-52-49-46-43-41-38-34-30-26-22-18-14-10-6-2/h9-11,13-15,21-28,33-39,42-43,45-47,52,56,85-87,92H,5-8,12,16-20,29-32,40-41,44,48-51,53-55,57-84H2,1-4H3,(H,97,98)(H,99,100)/b13-9-,14-10-,15-11-,25-21-,26-22-,27-23-,28-24-,37-33-,38-34-,39-35-,45-42-,46-43-,47-36-,56-52-. The van der Waals surface area contributed by atoms with Crippen LogP contribution in [0.2, 0.25) is 0 Å². The molecule has 626 valence electrons. The Morgan fingerprint density at radius 2 is 0.473 bits per heavy atom. The fourth-order valence-corrected chi connectivity index (χ4v) is 12.4. The van der Waals surface area contributed by atoms with E-state index < -0.39 is 97.5 Å². The average Bonchev–Trinajstić information content (AvgIpc) is 0.906. The molecule has 0 heterocycles. The Balaban J connectivity index is 5.45. The highest BCUT2D eigenvalue weighted by molar-refractivity contribution is 7.47. The average molecular weight is 1580 g/mol. The van der Waals surface area contributed by atoms with E-state index in [1.165, 1.54) is 19.3 Å². The fraction of sp³-hybridized carbons (Fsp3) is 0.648. The predicted octanol–water partition coefficient (Wildman–Crippen LogP) is 25.3. The molecule has 110 heavy (non-hydrogen) atoms. The molecule has 0 aliphatic heterocycles. The molecule has 0 aromatic rings. The Labute approximate surface area is 667 Å². The second-order valence-corrected chi connectivity index (χ2v) is 30.5. The van der Waals surface area contributed by atoms with Gasteiger partial charge in [0.1, 0.15) is 19.3 Å². The maximum absolute atomic E-state index is 13.1. The van der Waals surface area contributed by atoms with E-state index in [1.54, 1.807) is 0 Å². The molecule has 0 aromatic carbocycles. The maximum atomic E-state index is 13.1. The van der Waals surface area contributed by atoms with Crippen LogP contribution in [0, 0.1) is 0 Å². The van der Waals surface area contributed by atoms with Crippen LogP contribution in [0.3, 0.4) is 0 Å². The Bertz CT molecular complexity index is 2750. The first-order chi connectivity index (χ1) is 53.7. The number of carbonyl (C=O) groups excluding carboxylic acids is 4. The SMILES string of the molecule is CC/C=C\C/C=C\C/C=C\C/C=C\C/C=C\CCCCCC(=O)OCC(COP(=O)(O)OCC(O)COP(=O)(O)OCC(COC(=O)CCCCCCCC/C=C\C/C=C\C/C=C\C/C=C\CC)OC(=O)CCCCCCC/C=C\C/C=C\CCCCC)OC(=O)CCCCCCCCC/C=C\C/C=C\C/C=C\CC. The highest BCUT2D eigenvalue weighted by atomic mass is 31.2. The van der Waals surface area contributed by atoms with Crippen LogP contribution in [0.5, 0.6) is 0 Å². The zero-order valence-corrected chi connectivity index (χ0v) is 70.4. The zero-order chi connectivity index (χ0) is 80.3. The van der Waals surface area contributed by atoms with Crippen LogP contribution in [0.25, 0.3) is 0 Å². The van der Waals surface area contributed by atoms with Gasteiger partial charge in [-0.1, -0.05) is 294 Å². The Morgan fingerprint density at radius 1 is 0.264 bits per heavy atom. The number of phosphoric ester groups is 2. The summed E-state index contributed by atoms with van der Waals surface area (Å²) in [6.07, 6.45) is 97.4. The molecule has 5 unspecified atom stereocenters.